The van der Waals surface area contributed by atoms with Crippen molar-refractivity contribution in [3.8, 4) is 22.3 Å². The zero-order valence-electron chi connectivity index (χ0n) is 30.8. The van der Waals surface area contributed by atoms with E-state index in [0.29, 0.717) is 7.25 Å². The van der Waals surface area contributed by atoms with Gasteiger partial charge in [-0.15, -0.1) is 0 Å². The molecule has 0 saturated heterocycles. The summed E-state index contributed by atoms with van der Waals surface area (Å²) in [5.74, 6) is 0. The SMILES string of the molecule is CC1=C2c3c(-c4cccc5cc6ccccc6cc45)cccc3[CH]1[Zr+2][CH]1C(C)=C(c3c(-c4cccc5cc6ccccc6cc45)cccc31)[Si]2(C)C.[Cl-].[Cl-]. The summed E-state index contributed by atoms with van der Waals surface area (Å²) in [6.07, 6.45) is 0. The summed E-state index contributed by atoms with van der Waals surface area (Å²) in [5, 5.41) is 14.0. The van der Waals surface area contributed by atoms with Gasteiger partial charge >= 0.3 is 320 Å². The number of fused-ring (bicyclic) bond motifs is 12. The van der Waals surface area contributed by atoms with Gasteiger partial charge in [-0.2, -0.15) is 0 Å². The van der Waals surface area contributed by atoms with E-state index in [4.69, 9.17) is 0 Å². The van der Waals surface area contributed by atoms with Crippen molar-refractivity contribution in [1.29, 1.82) is 0 Å². The maximum absolute atomic E-state index is 2.68. The van der Waals surface area contributed by atoms with Gasteiger partial charge in [0.05, 0.1) is 0 Å². The molecule has 8 aromatic rings. The molecule has 1 heterocycles. The van der Waals surface area contributed by atoms with Gasteiger partial charge in [-0.1, -0.05) is 0 Å². The maximum atomic E-state index is 2.68. The molecule has 4 heteroatoms. The molecule has 0 nitrogen and oxygen atoms in total. The summed E-state index contributed by atoms with van der Waals surface area (Å²) in [5.41, 5.74) is 15.4. The molecule has 0 fully saturated rings. The molecular weight excluding hydrogens is 791 g/mol. The summed E-state index contributed by atoms with van der Waals surface area (Å²) >= 11 is -1.01. The summed E-state index contributed by atoms with van der Waals surface area (Å²) in [4.78, 5) is 0. The minimum absolute atomic E-state index is 0. The molecule has 260 valence electrons. The Kier molecular flexibility index (Phi) is 8.60. The van der Waals surface area contributed by atoms with E-state index in [1.165, 1.54) is 65.3 Å². The molecular formula is C50H38Cl2SiZr. The second kappa shape index (κ2) is 13.0. The Bertz CT molecular complexity index is 2750. The first-order valence-electron chi connectivity index (χ1n) is 18.7. The predicted molar refractivity (Wildman–Crippen MR) is 222 cm³/mol. The molecule has 0 saturated carbocycles. The van der Waals surface area contributed by atoms with Crippen LogP contribution in [0.4, 0.5) is 0 Å². The van der Waals surface area contributed by atoms with E-state index in [1.807, 2.05) is 0 Å². The van der Waals surface area contributed by atoms with Crippen molar-refractivity contribution in [3.05, 3.63) is 179 Å². The van der Waals surface area contributed by atoms with Crippen LogP contribution in [0.3, 0.4) is 0 Å². The van der Waals surface area contributed by atoms with Crippen LogP contribution in [0.25, 0.3) is 75.7 Å². The minimum atomic E-state index is -2.24. The van der Waals surface area contributed by atoms with Crippen molar-refractivity contribution in [3.63, 3.8) is 0 Å². The number of hydrogen-bond donors (Lipinski definition) is 0. The first kappa shape index (κ1) is 35.6. The van der Waals surface area contributed by atoms with Crippen LogP contribution in [-0.4, -0.2) is 8.07 Å². The van der Waals surface area contributed by atoms with Gasteiger partial charge in [-0.05, 0) is 0 Å². The number of rotatable bonds is 2. The van der Waals surface area contributed by atoms with Crippen LogP contribution in [-0.2, 0) is 23.2 Å². The Morgan fingerprint density at radius 1 is 0.407 bits per heavy atom. The van der Waals surface area contributed by atoms with Crippen molar-refractivity contribution < 1.29 is 48.0 Å². The molecule has 0 aromatic heterocycles. The molecule has 0 spiro atoms. The average Bonchev–Trinajstić information content (AvgIpc) is 3.64. The normalized spacial score (nSPS) is 17.7. The molecule has 2 unspecified atom stereocenters. The number of allylic oxidation sites excluding steroid dienone is 2. The van der Waals surface area contributed by atoms with E-state index in [2.05, 4.69) is 173 Å². The zero-order valence-corrected chi connectivity index (χ0v) is 35.7. The van der Waals surface area contributed by atoms with Gasteiger partial charge in [0, 0.05) is 0 Å². The molecule has 1 aliphatic heterocycles. The van der Waals surface area contributed by atoms with E-state index >= 15 is 0 Å². The number of hydrogen-bond acceptors (Lipinski definition) is 0. The first-order chi connectivity index (χ1) is 25.4. The fourth-order valence-corrected chi connectivity index (χ4v) is 20.4. The molecule has 0 radical (unpaired) electrons. The van der Waals surface area contributed by atoms with E-state index in [1.54, 1.807) is 43.8 Å². The van der Waals surface area contributed by atoms with E-state index < -0.39 is 31.3 Å². The van der Waals surface area contributed by atoms with E-state index in [0.717, 1.165) is 0 Å². The Morgan fingerprint density at radius 3 is 1.19 bits per heavy atom. The second-order valence-corrected chi connectivity index (χ2v) is 23.7. The smallest absolute Gasteiger partial charge is 1.00 e. The summed E-state index contributed by atoms with van der Waals surface area (Å²) in [6, 6.07) is 55.8. The van der Waals surface area contributed by atoms with Gasteiger partial charge in [0.15, 0.2) is 0 Å². The molecule has 0 N–H and O–H groups in total. The first-order valence-corrected chi connectivity index (χ1v) is 24.5. The second-order valence-electron chi connectivity index (χ2n) is 15.8. The minimum Gasteiger partial charge on any atom is -1.00 e. The van der Waals surface area contributed by atoms with Crippen LogP contribution < -0.4 is 24.8 Å². The Morgan fingerprint density at radius 2 is 0.759 bits per heavy atom. The van der Waals surface area contributed by atoms with Crippen LogP contribution in [0.5, 0.6) is 0 Å². The van der Waals surface area contributed by atoms with Crippen molar-refractivity contribution >= 4 is 61.6 Å². The summed E-state index contributed by atoms with van der Waals surface area (Å²) < 4.78 is 1.19. The van der Waals surface area contributed by atoms with Crippen LogP contribution in [0.1, 0.15) is 43.4 Å². The van der Waals surface area contributed by atoms with Gasteiger partial charge in [0.1, 0.15) is 0 Å². The fraction of sp³-hybridized carbons (Fsp3) is 0.120. The van der Waals surface area contributed by atoms with Crippen LogP contribution in [0.15, 0.2) is 157 Å². The monoisotopic (exact) mass is 826 g/mol. The number of halogens is 2. The predicted octanol–water partition coefficient (Wildman–Crippen LogP) is 7.88. The average molecular weight is 829 g/mol. The molecule has 4 bridgehead atoms. The molecule has 3 aliphatic rings. The molecule has 2 aliphatic carbocycles. The zero-order chi connectivity index (χ0) is 34.9. The van der Waals surface area contributed by atoms with E-state index in [9.17, 15) is 0 Å². The van der Waals surface area contributed by atoms with Crippen molar-refractivity contribution in [2.75, 3.05) is 0 Å². The topological polar surface area (TPSA) is 0 Å². The third kappa shape index (κ3) is 4.96. The third-order valence-corrected chi connectivity index (χ3v) is 21.7. The van der Waals surface area contributed by atoms with Crippen LogP contribution in [0.2, 0.25) is 13.1 Å². The maximum Gasteiger partial charge on any atom is -1.00 e. The Balaban J connectivity index is 0.00000192. The van der Waals surface area contributed by atoms with Crippen LogP contribution >= 0.6 is 0 Å². The van der Waals surface area contributed by atoms with Crippen molar-refractivity contribution in [2.45, 2.75) is 34.2 Å². The van der Waals surface area contributed by atoms with Crippen molar-refractivity contribution in [1.82, 2.24) is 0 Å². The third-order valence-electron chi connectivity index (χ3n) is 12.6. The number of benzene rings is 8. The van der Waals surface area contributed by atoms with Gasteiger partial charge in [0.25, 0.3) is 0 Å². The standard InChI is InChI=1S/C50H38Si.2ClH.Zr/c1-31-25-39-19-11-23-43(41-21-9-17-37-27-33-13-5-7-15-35(33)29-45(37)41)47(39)49(31)51(3,4)50-32(2)26-40-20-12-24-44(48(40)50)42-22-10-18-38-28-34-14-6-8-16-36(34)30-46(38)42;;;/h5-30H,1-4H3;2*1H;/q;;;+2/p-2. The quantitative estimate of drug-likeness (QED) is 0.123. The van der Waals surface area contributed by atoms with Gasteiger partial charge in [0.2, 0.25) is 0 Å². The van der Waals surface area contributed by atoms with E-state index in [-0.39, 0.29) is 24.8 Å². The van der Waals surface area contributed by atoms with Gasteiger partial charge in [-0.3, -0.25) is 0 Å². The Hall–Kier alpha value is -4.04. The molecule has 8 aromatic carbocycles. The van der Waals surface area contributed by atoms with Crippen LogP contribution in [0, 0.1) is 0 Å². The summed E-state index contributed by atoms with van der Waals surface area (Å²) in [7, 11) is -2.24. The Labute approximate surface area is 342 Å². The van der Waals surface area contributed by atoms with Gasteiger partial charge < -0.3 is 24.8 Å². The largest absolute Gasteiger partial charge is 1.00 e. The molecule has 2 atom stereocenters. The van der Waals surface area contributed by atoms with Gasteiger partial charge in [-0.25, -0.2) is 0 Å². The molecule has 0 amide bonds. The molecule has 11 rings (SSSR count). The molecule has 54 heavy (non-hydrogen) atoms. The summed E-state index contributed by atoms with van der Waals surface area (Å²) in [6.45, 7) is 10.4. The van der Waals surface area contributed by atoms with Crippen molar-refractivity contribution in [2.24, 2.45) is 0 Å². The fourth-order valence-electron chi connectivity index (χ4n) is 10.5.